The first-order valence-corrected chi connectivity index (χ1v) is 7.58. The Balaban J connectivity index is 0.00000156. The molecule has 116 valence electrons. The molecule has 0 atom stereocenters. The third-order valence-electron chi connectivity index (χ3n) is 3.48. The maximum absolute atomic E-state index is 14.0. The molecule has 0 radical (unpaired) electrons. The monoisotopic (exact) mass is 348 g/mol. The first-order chi connectivity index (χ1) is 10.7. The Morgan fingerprint density at radius 1 is 1.00 bits per heavy atom. The van der Waals surface area contributed by atoms with Crippen LogP contribution in [0.1, 0.15) is 0 Å². The highest BCUT2D eigenvalue weighted by Crippen LogP contribution is 2.31. The number of hydrogen-bond acceptors (Lipinski definition) is 2. The van der Waals surface area contributed by atoms with E-state index in [-0.39, 0.29) is 18.0 Å². The van der Waals surface area contributed by atoms with E-state index in [0.717, 1.165) is 28.4 Å². The van der Waals surface area contributed by atoms with Gasteiger partial charge in [-0.2, -0.15) is 0 Å². The molecule has 2 heterocycles. The molecule has 4 aromatic rings. The number of fused-ring (bicyclic) bond motifs is 1. The molecule has 0 saturated heterocycles. The maximum Gasteiger partial charge on any atom is 0.194 e. The second-order valence-electron chi connectivity index (χ2n) is 4.89. The standard InChI is InChI=1S/C17H10F2N2S.ClH/c18-12-6-7-14(19)13(8-12)16-10-22-17-20-15(9-21(16)17)11-4-2-1-3-5-11;/h1-10H;1H. The van der Waals surface area contributed by atoms with Gasteiger partial charge in [0.25, 0.3) is 0 Å². The second-order valence-corrected chi connectivity index (χ2v) is 5.73. The quantitative estimate of drug-likeness (QED) is 0.472. The molecule has 0 saturated carbocycles. The highest BCUT2D eigenvalue weighted by Gasteiger charge is 2.14. The largest absolute Gasteiger partial charge is 0.290 e. The molecule has 0 amide bonds. The van der Waals surface area contributed by atoms with Crippen molar-refractivity contribution in [1.29, 1.82) is 0 Å². The number of aromatic nitrogens is 2. The Bertz CT molecular complexity index is 963. The third-order valence-corrected chi connectivity index (χ3v) is 4.32. The summed E-state index contributed by atoms with van der Waals surface area (Å²) in [4.78, 5) is 5.29. The fraction of sp³-hybridized carbons (Fsp3) is 0. The van der Waals surface area contributed by atoms with Gasteiger partial charge in [-0.25, -0.2) is 13.8 Å². The van der Waals surface area contributed by atoms with Gasteiger partial charge >= 0.3 is 0 Å². The highest BCUT2D eigenvalue weighted by atomic mass is 35.5. The molecule has 0 aliphatic heterocycles. The Labute approximate surface area is 141 Å². The molecule has 0 unspecified atom stereocenters. The number of halogens is 3. The average molecular weight is 349 g/mol. The van der Waals surface area contributed by atoms with Crippen LogP contribution in [0.3, 0.4) is 0 Å². The Hall–Kier alpha value is -2.24. The molecule has 0 N–H and O–H groups in total. The van der Waals surface area contributed by atoms with E-state index in [0.29, 0.717) is 5.69 Å². The zero-order valence-electron chi connectivity index (χ0n) is 11.7. The molecule has 6 heteroatoms. The van der Waals surface area contributed by atoms with E-state index in [4.69, 9.17) is 0 Å². The molecule has 23 heavy (non-hydrogen) atoms. The van der Waals surface area contributed by atoms with Crippen LogP contribution in [-0.2, 0) is 0 Å². The van der Waals surface area contributed by atoms with Gasteiger partial charge in [-0.1, -0.05) is 30.3 Å². The molecular formula is C17H11ClF2N2S. The number of imidazole rings is 1. The summed E-state index contributed by atoms with van der Waals surface area (Å²) in [7, 11) is 0. The zero-order chi connectivity index (χ0) is 15.1. The zero-order valence-corrected chi connectivity index (χ0v) is 13.4. The molecule has 0 spiro atoms. The fourth-order valence-electron chi connectivity index (χ4n) is 2.42. The van der Waals surface area contributed by atoms with E-state index >= 15 is 0 Å². The van der Waals surface area contributed by atoms with Crippen molar-refractivity contribution in [3.05, 3.63) is 71.7 Å². The third kappa shape index (κ3) is 2.73. The van der Waals surface area contributed by atoms with Crippen molar-refractivity contribution in [2.75, 3.05) is 0 Å². The van der Waals surface area contributed by atoms with Gasteiger partial charge in [0.05, 0.1) is 11.4 Å². The lowest BCUT2D eigenvalue weighted by Crippen LogP contribution is -1.89. The van der Waals surface area contributed by atoms with Crippen LogP contribution in [-0.4, -0.2) is 9.38 Å². The Morgan fingerprint density at radius 2 is 1.78 bits per heavy atom. The molecule has 0 bridgehead atoms. The minimum absolute atomic E-state index is 0. The van der Waals surface area contributed by atoms with E-state index < -0.39 is 11.6 Å². The van der Waals surface area contributed by atoms with E-state index in [1.165, 1.54) is 17.4 Å². The van der Waals surface area contributed by atoms with Gasteiger partial charge in [0.15, 0.2) is 4.96 Å². The maximum atomic E-state index is 14.0. The molecule has 2 nitrogen and oxygen atoms in total. The molecule has 4 rings (SSSR count). The Kier molecular flexibility index (Phi) is 4.15. The van der Waals surface area contributed by atoms with Gasteiger partial charge < -0.3 is 0 Å². The first kappa shape index (κ1) is 15.6. The summed E-state index contributed by atoms with van der Waals surface area (Å²) in [5, 5.41) is 1.79. The van der Waals surface area contributed by atoms with Gasteiger partial charge in [-0.05, 0) is 18.2 Å². The van der Waals surface area contributed by atoms with Crippen LogP contribution in [0.4, 0.5) is 8.78 Å². The highest BCUT2D eigenvalue weighted by molar-refractivity contribution is 7.15. The molecule has 0 fully saturated rings. The molecule has 2 aromatic carbocycles. The SMILES string of the molecule is Cl.Fc1ccc(F)c(-c2csc3nc(-c4ccccc4)cn23)c1. The molecule has 2 aromatic heterocycles. The first-order valence-electron chi connectivity index (χ1n) is 6.70. The molecular weight excluding hydrogens is 338 g/mol. The summed E-state index contributed by atoms with van der Waals surface area (Å²) in [5.41, 5.74) is 2.64. The summed E-state index contributed by atoms with van der Waals surface area (Å²) in [6.45, 7) is 0. The van der Waals surface area contributed by atoms with E-state index in [2.05, 4.69) is 4.98 Å². The van der Waals surface area contributed by atoms with Crippen LogP contribution < -0.4 is 0 Å². The normalized spacial score (nSPS) is 10.7. The number of hydrogen-bond donors (Lipinski definition) is 0. The summed E-state index contributed by atoms with van der Waals surface area (Å²) in [5.74, 6) is -0.907. The predicted molar refractivity (Wildman–Crippen MR) is 91.1 cm³/mol. The Morgan fingerprint density at radius 3 is 2.57 bits per heavy atom. The fourth-order valence-corrected chi connectivity index (χ4v) is 3.29. The molecule has 0 aliphatic carbocycles. The van der Waals surface area contributed by atoms with Crippen LogP contribution in [0.2, 0.25) is 0 Å². The van der Waals surface area contributed by atoms with E-state index in [1.54, 1.807) is 9.78 Å². The lowest BCUT2D eigenvalue weighted by molar-refractivity contribution is 0.602. The van der Waals surface area contributed by atoms with Gasteiger partial charge in [0.1, 0.15) is 11.6 Å². The average Bonchev–Trinajstić information content (AvgIpc) is 3.11. The van der Waals surface area contributed by atoms with E-state index in [1.807, 2.05) is 36.5 Å². The molecule has 0 aliphatic rings. The van der Waals surface area contributed by atoms with Gasteiger partial charge in [-0.15, -0.1) is 23.7 Å². The lowest BCUT2D eigenvalue weighted by Gasteiger charge is -2.02. The van der Waals surface area contributed by atoms with Crippen molar-refractivity contribution in [2.45, 2.75) is 0 Å². The van der Waals surface area contributed by atoms with Crippen LogP contribution in [0.15, 0.2) is 60.1 Å². The smallest absolute Gasteiger partial charge is 0.194 e. The number of benzene rings is 2. The van der Waals surface area contributed by atoms with Crippen molar-refractivity contribution in [3.8, 4) is 22.5 Å². The topological polar surface area (TPSA) is 17.3 Å². The van der Waals surface area contributed by atoms with Crippen molar-refractivity contribution >= 4 is 28.7 Å². The van der Waals surface area contributed by atoms with Crippen LogP contribution in [0, 0.1) is 11.6 Å². The summed E-state index contributed by atoms with van der Waals surface area (Å²) >= 11 is 1.40. The lowest BCUT2D eigenvalue weighted by atomic mass is 10.1. The minimum Gasteiger partial charge on any atom is -0.290 e. The van der Waals surface area contributed by atoms with Crippen LogP contribution in [0.5, 0.6) is 0 Å². The van der Waals surface area contributed by atoms with E-state index in [9.17, 15) is 8.78 Å². The number of thiazole rings is 1. The summed E-state index contributed by atoms with van der Waals surface area (Å²) < 4.78 is 29.2. The van der Waals surface area contributed by atoms with Gasteiger partial charge in [0, 0.05) is 22.7 Å². The summed E-state index contributed by atoms with van der Waals surface area (Å²) in [6.07, 6.45) is 1.85. The van der Waals surface area contributed by atoms with Crippen LogP contribution >= 0.6 is 23.7 Å². The second kappa shape index (κ2) is 6.10. The van der Waals surface area contributed by atoms with Crippen molar-refractivity contribution < 1.29 is 8.78 Å². The number of nitrogens with zero attached hydrogens (tertiary/aromatic N) is 2. The minimum atomic E-state index is -0.459. The summed E-state index contributed by atoms with van der Waals surface area (Å²) in [6, 6.07) is 13.2. The van der Waals surface area contributed by atoms with Crippen molar-refractivity contribution in [2.24, 2.45) is 0 Å². The van der Waals surface area contributed by atoms with Crippen molar-refractivity contribution in [3.63, 3.8) is 0 Å². The number of rotatable bonds is 2. The van der Waals surface area contributed by atoms with Crippen molar-refractivity contribution in [1.82, 2.24) is 9.38 Å². The van der Waals surface area contributed by atoms with Gasteiger partial charge in [0.2, 0.25) is 0 Å². The van der Waals surface area contributed by atoms with Crippen LogP contribution in [0.25, 0.3) is 27.5 Å². The van der Waals surface area contributed by atoms with Gasteiger partial charge in [-0.3, -0.25) is 4.40 Å². The predicted octanol–water partition coefficient (Wildman–Crippen LogP) is 5.43.